The Labute approximate surface area is 106 Å². The molecular formula is C15H13N3. The molecule has 0 aliphatic rings. The van der Waals surface area contributed by atoms with E-state index < -0.39 is 0 Å². The van der Waals surface area contributed by atoms with Crippen molar-refractivity contribution in [2.24, 2.45) is 4.99 Å². The molecular weight excluding hydrogens is 222 g/mol. The summed E-state index contributed by atoms with van der Waals surface area (Å²) in [6, 6.07) is 15.6. The van der Waals surface area contributed by atoms with Crippen LogP contribution in [0.4, 0.5) is 0 Å². The summed E-state index contributed by atoms with van der Waals surface area (Å²) in [6.45, 7) is 1.98. The molecule has 0 unspecified atom stereocenters. The van der Waals surface area contributed by atoms with Crippen molar-refractivity contribution < 1.29 is 0 Å². The van der Waals surface area contributed by atoms with Crippen LogP contribution >= 0.6 is 0 Å². The molecule has 2 aromatic rings. The van der Waals surface area contributed by atoms with Crippen LogP contribution in [0.3, 0.4) is 0 Å². The van der Waals surface area contributed by atoms with Crippen LogP contribution in [0.5, 0.6) is 0 Å². The highest BCUT2D eigenvalue weighted by Gasteiger charge is 2.07. The number of benzene rings is 1. The van der Waals surface area contributed by atoms with Crippen molar-refractivity contribution in [2.45, 2.75) is 13.0 Å². The van der Waals surface area contributed by atoms with Crippen LogP contribution < -0.4 is 0 Å². The highest BCUT2D eigenvalue weighted by Crippen LogP contribution is 2.17. The largest absolute Gasteiger partial charge is 0.266 e. The predicted molar refractivity (Wildman–Crippen MR) is 71.2 cm³/mol. The minimum atomic E-state index is -0.0407. The van der Waals surface area contributed by atoms with Gasteiger partial charge in [-0.3, -0.25) is 9.98 Å². The third-order valence-corrected chi connectivity index (χ3v) is 2.65. The Balaban J connectivity index is 2.29. The highest BCUT2D eigenvalue weighted by molar-refractivity contribution is 6.11. The SMILES string of the molecule is C[C@@H](N=C(C#N)c1cccnc1)c1ccccc1. The molecule has 0 bridgehead atoms. The van der Waals surface area contributed by atoms with Crippen LogP contribution in [-0.2, 0) is 0 Å². The van der Waals surface area contributed by atoms with Crippen molar-refractivity contribution in [2.75, 3.05) is 0 Å². The number of nitriles is 1. The average Bonchev–Trinajstić information content (AvgIpc) is 2.46. The molecule has 2 rings (SSSR count). The van der Waals surface area contributed by atoms with Crippen molar-refractivity contribution >= 4 is 5.71 Å². The van der Waals surface area contributed by atoms with E-state index >= 15 is 0 Å². The summed E-state index contributed by atoms with van der Waals surface area (Å²) in [7, 11) is 0. The van der Waals surface area contributed by atoms with Crippen molar-refractivity contribution in [3.63, 3.8) is 0 Å². The number of aromatic nitrogens is 1. The van der Waals surface area contributed by atoms with Crippen molar-refractivity contribution in [1.82, 2.24) is 4.98 Å². The average molecular weight is 235 g/mol. The first-order chi connectivity index (χ1) is 8.81. The van der Waals surface area contributed by atoms with E-state index in [0.29, 0.717) is 5.71 Å². The first-order valence-corrected chi connectivity index (χ1v) is 5.74. The van der Waals surface area contributed by atoms with E-state index in [9.17, 15) is 0 Å². The van der Waals surface area contributed by atoms with E-state index in [1.165, 1.54) is 0 Å². The van der Waals surface area contributed by atoms with Gasteiger partial charge in [-0.25, -0.2) is 0 Å². The summed E-state index contributed by atoms with van der Waals surface area (Å²) >= 11 is 0. The second-order valence-corrected chi connectivity index (χ2v) is 3.92. The maximum atomic E-state index is 9.17. The van der Waals surface area contributed by atoms with E-state index in [0.717, 1.165) is 11.1 Å². The third-order valence-electron chi connectivity index (χ3n) is 2.65. The Morgan fingerprint density at radius 1 is 1.22 bits per heavy atom. The molecule has 1 aromatic carbocycles. The predicted octanol–water partition coefficient (Wildman–Crippen LogP) is 3.16. The molecule has 0 N–H and O–H groups in total. The Hall–Kier alpha value is -2.47. The van der Waals surface area contributed by atoms with Gasteiger partial charge in [0.1, 0.15) is 11.8 Å². The van der Waals surface area contributed by atoms with E-state index in [4.69, 9.17) is 5.26 Å². The lowest BCUT2D eigenvalue weighted by Gasteiger charge is -2.07. The Bertz CT molecular complexity index is 568. The molecule has 0 saturated heterocycles. The van der Waals surface area contributed by atoms with E-state index in [1.54, 1.807) is 18.5 Å². The molecule has 0 aliphatic carbocycles. The zero-order valence-electron chi connectivity index (χ0n) is 10.1. The standard InChI is InChI=1S/C15H13N3/c1-12(13-6-3-2-4-7-13)18-15(10-16)14-8-5-9-17-11-14/h2-9,11-12H,1H3/t12-/m1/s1. The maximum absolute atomic E-state index is 9.17. The molecule has 1 aromatic heterocycles. The first-order valence-electron chi connectivity index (χ1n) is 5.74. The number of rotatable bonds is 3. The summed E-state index contributed by atoms with van der Waals surface area (Å²) < 4.78 is 0. The van der Waals surface area contributed by atoms with E-state index in [-0.39, 0.29) is 6.04 Å². The highest BCUT2D eigenvalue weighted by atomic mass is 14.8. The second-order valence-electron chi connectivity index (χ2n) is 3.92. The quantitative estimate of drug-likeness (QED) is 0.767. The van der Waals surface area contributed by atoms with Crippen LogP contribution in [-0.4, -0.2) is 10.7 Å². The summed E-state index contributed by atoms with van der Waals surface area (Å²) in [5.74, 6) is 0. The van der Waals surface area contributed by atoms with Gasteiger partial charge < -0.3 is 0 Å². The Kier molecular flexibility index (Phi) is 3.83. The van der Waals surface area contributed by atoms with Crippen LogP contribution in [0.25, 0.3) is 0 Å². The van der Waals surface area contributed by atoms with Crippen molar-refractivity contribution in [1.29, 1.82) is 5.26 Å². The lowest BCUT2D eigenvalue weighted by Crippen LogP contribution is -2.01. The number of nitrogens with zero attached hydrogens (tertiary/aromatic N) is 3. The van der Waals surface area contributed by atoms with Gasteiger partial charge in [0.05, 0.1) is 6.04 Å². The molecule has 18 heavy (non-hydrogen) atoms. The summed E-state index contributed by atoms with van der Waals surface area (Å²) in [5.41, 5.74) is 2.26. The zero-order chi connectivity index (χ0) is 12.8. The number of hydrogen-bond donors (Lipinski definition) is 0. The fourth-order valence-electron chi connectivity index (χ4n) is 1.67. The number of pyridine rings is 1. The van der Waals surface area contributed by atoms with Crippen molar-refractivity contribution in [3.05, 3.63) is 66.0 Å². The molecule has 3 heteroatoms. The number of aliphatic imine (C=N–C) groups is 1. The minimum Gasteiger partial charge on any atom is -0.266 e. The molecule has 3 nitrogen and oxygen atoms in total. The van der Waals surface area contributed by atoms with E-state index in [1.807, 2.05) is 43.3 Å². The third kappa shape index (κ3) is 2.80. The normalized spacial score (nSPS) is 12.8. The molecule has 88 valence electrons. The van der Waals surface area contributed by atoms with Gasteiger partial charge in [0, 0.05) is 18.0 Å². The smallest absolute Gasteiger partial charge is 0.144 e. The van der Waals surface area contributed by atoms with Crippen LogP contribution in [0, 0.1) is 11.3 Å². The van der Waals surface area contributed by atoms with Gasteiger partial charge in [0.2, 0.25) is 0 Å². The van der Waals surface area contributed by atoms with Gasteiger partial charge in [-0.05, 0) is 24.6 Å². The lowest BCUT2D eigenvalue weighted by molar-refractivity contribution is 0.822. The Morgan fingerprint density at radius 3 is 2.61 bits per heavy atom. The molecule has 0 amide bonds. The summed E-state index contributed by atoms with van der Waals surface area (Å²) in [6.07, 6.45) is 3.33. The minimum absolute atomic E-state index is 0.0407. The Morgan fingerprint density at radius 2 is 2.00 bits per heavy atom. The molecule has 1 atom stereocenters. The topological polar surface area (TPSA) is 49.0 Å². The van der Waals surface area contributed by atoms with Gasteiger partial charge in [-0.2, -0.15) is 5.26 Å². The molecule has 0 spiro atoms. The zero-order valence-corrected chi connectivity index (χ0v) is 10.1. The summed E-state index contributed by atoms with van der Waals surface area (Å²) in [4.78, 5) is 8.45. The fraction of sp³-hybridized carbons (Fsp3) is 0.133. The first kappa shape index (κ1) is 12.0. The number of hydrogen-bond acceptors (Lipinski definition) is 3. The van der Waals surface area contributed by atoms with Gasteiger partial charge in [-0.15, -0.1) is 0 Å². The van der Waals surface area contributed by atoms with Crippen molar-refractivity contribution in [3.8, 4) is 6.07 Å². The van der Waals surface area contributed by atoms with Crippen LogP contribution in [0.15, 0.2) is 59.9 Å². The molecule has 0 aliphatic heterocycles. The molecule has 0 saturated carbocycles. The van der Waals surface area contributed by atoms with Gasteiger partial charge in [-0.1, -0.05) is 30.3 Å². The van der Waals surface area contributed by atoms with Gasteiger partial charge in [0.15, 0.2) is 0 Å². The second kappa shape index (κ2) is 5.74. The molecule has 0 radical (unpaired) electrons. The maximum Gasteiger partial charge on any atom is 0.144 e. The molecule has 1 heterocycles. The van der Waals surface area contributed by atoms with E-state index in [2.05, 4.69) is 16.0 Å². The summed E-state index contributed by atoms with van der Waals surface area (Å²) in [5, 5.41) is 9.17. The monoisotopic (exact) mass is 235 g/mol. The van der Waals surface area contributed by atoms with Crippen LogP contribution in [0.1, 0.15) is 24.1 Å². The van der Waals surface area contributed by atoms with Crippen LogP contribution in [0.2, 0.25) is 0 Å². The fourth-order valence-corrected chi connectivity index (χ4v) is 1.67. The van der Waals surface area contributed by atoms with Gasteiger partial charge >= 0.3 is 0 Å². The lowest BCUT2D eigenvalue weighted by atomic mass is 10.1. The van der Waals surface area contributed by atoms with Gasteiger partial charge in [0.25, 0.3) is 0 Å². The molecule has 0 fully saturated rings.